The lowest BCUT2D eigenvalue weighted by atomic mass is 10.0. The first-order chi connectivity index (χ1) is 18.1. The summed E-state index contributed by atoms with van der Waals surface area (Å²) < 4.78 is 15.7. The van der Waals surface area contributed by atoms with Crippen LogP contribution in [-0.2, 0) is 0 Å². The topological polar surface area (TPSA) is 157 Å². The fourth-order valence-electron chi connectivity index (χ4n) is 3.53. The molecule has 4 aromatic rings. The number of pyridine rings is 1. The number of carbonyl (C=O) groups is 2. The Morgan fingerprint density at radius 2 is 1.89 bits per heavy atom. The van der Waals surface area contributed by atoms with Gasteiger partial charge in [-0.1, -0.05) is 0 Å². The van der Waals surface area contributed by atoms with E-state index < -0.39 is 24.2 Å². The van der Waals surface area contributed by atoms with Gasteiger partial charge in [-0.05, 0) is 44.2 Å². The summed E-state index contributed by atoms with van der Waals surface area (Å²) in [5.41, 5.74) is 1.71. The van der Waals surface area contributed by atoms with Crippen LogP contribution in [0.15, 0.2) is 55.1 Å². The number of halogens is 1. The number of alkyl halides is 1. The van der Waals surface area contributed by atoms with Crippen molar-refractivity contribution in [2.24, 2.45) is 0 Å². The molecule has 0 spiro atoms. The Labute approximate surface area is 217 Å². The highest BCUT2D eigenvalue weighted by Gasteiger charge is 2.27. The molecular weight excluding hydrogens is 491 g/mol. The number of rotatable bonds is 8. The van der Waals surface area contributed by atoms with Crippen LogP contribution in [0.2, 0.25) is 0 Å². The molecule has 0 saturated heterocycles. The highest BCUT2D eigenvalue weighted by atomic mass is 19.1. The van der Waals surface area contributed by atoms with Crippen molar-refractivity contribution < 1.29 is 19.1 Å². The van der Waals surface area contributed by atoms with Gasteiger partial charge in [0.1, 0.15) is 12.2 Å². The largest absolute Gasteiger partial charge is 0.387 e. The molecule has 0 fully saturated rings. The van der Waals surface area contributed by atoms with Crippen molar-refractivity contribution in [3.05, 3.63) is 71.8 Å². The summed E-state index contributed by atoms with van der Waals surface area (Å²) >= 11 is 0. The zero-order valence-corrected chi connectivity index (χ0v) is 20.9. The third-order valence-electron chi connectivity index (χ3n) is 5.77. The maximum absolute atomic E-state index is 14.3. The van der Waals surface area contributed by atoms with Crippen molar-refractivity contribution in [2.45, 2.75) is 25.6 Å². The fraction of sp³-hybridized carbons (Fsp3) is 0.231. The van der Waals surface area contributed by atoms with Gasteiger partial charge in [0, 0.05) is 30.7 Å². The van der Waals surface area contributed by atoms with Gasteiger partial charge < -0.3 is 21.1 Å². The highest BCUT2D eigenvalue weighted by molar-refractivity contribution is 6.01. The first-order valence-electron chi connectivity index (χ1n) is 11.6. The molecule has 0 aliphatic rings. The molecule has 4 rings (SSSR count). The predicted octanol–water partition coefficient (Wildman–Crippen LogP) is 2.60. The summed E-state index contributed by atoms with van der Waals surface area (Å²) in [5.74, 6) is -0.840. The van der Waals surface area contributed by atoms with Crippen LogP contribution in [-0.4, -0.2) is 61.9 Å². The number of carbonyl (C=O) groups excluding carboxylic acids is 2. The van der Waals surface area contributed by atoms with Crippen molar-refractivity contribution in [2.75, 3.05) is 18.9 Å². The van der Waals surface area contributed by atoms with E-state index in [9.17, 15) is 19.1 Å². The molecule has 1 aromatic carbocycles. The Hall–Kier alpha value is -4.89. The number of benzene rings is 1. The minimum Gasteiger partial charge on any atom is -0.387 e. The van der Waals surface area contributed by atoms with Crippen LogP contribution in [0, 0.1) is 11.3 Å². The summed E-state index contributed by atoms with van der Waals surface area (Å²) in [7, 11) is 1.54. The minimum absolute atomic E-state index is 0.128. The van der Waals surface area contributed by atoms with Crippen LogP contribution < -0.4 is 16.0 Å². The van der Waals surface area contributed by atoms with E-state index in [1.165, 1.54) is 44.0 Å². The fourth-order valence-corrected chi connectivity index (χ4v) is 3.53. The van der Waals surface area contributed by atoms with Crippen LogP contribution in [0.1, 0.15) is 40.1 Å². The average molecular weight is 517 g/mol. The second-order valence-electron chi connectivity index (χ2n) is 9.01. The summed E-state index contributed by atoms with van der Waals surface area (Å²) in [6.45, 7) is 2.24. The van der Waals surface area contributed by atoms with Crippen molar-refractivity contribution in [1.82, 2.24) is 30.2 Å². The zero-order chi connectivity index (χ0) is 27.4. The van der Waals surface area contributed by atoms with Gasteiger partial charge in [-0.15, -0.1) is 0 Å². The van der Waals surface area contributed by atoms with Crippen LogP contribution in [0.5, 0.6) is 0 Å². The maximum Gasteiger partial charge on any atom is 0.255 e. The molecule has 0 saturated carbocycles. The second kappa shape index (κ2) is 10.6. The van der Waals surface area contributed by atoms with E-state index in [0.29, 0.717) is 39.4 Å². The summed E-state index contributed by atoms with van der Waals surface area (Å²) in [5, 5.41) is 31.4. The molecular formula is C26H25FN8O3. The molecule has 1 atom stereocenters. The quantitative estimate of drug-likeness (QED) is 0.278. The predicted molar refractivity (Wildman–Crippen MR) is 138 cm³/mol. The molecule has 0 bridgehead atoms. The van der Waals surface area contributed by atoms with E-state index in [2.05, 4.69) is 31.0 Å². The number of nitrogens with zero attached hydrogens (tertiary/aromatic N) is 5. The Morgan fingerprint density at radius 3 is 2.55 bits per heavy atom. The smallest absolute Gasteiger partial charge is 0.255 e. The van der Waals surface area contributed by atoms with Crippen molar-refractivity contribution in [3.8, 4) is 17.3 Å². The van der Waals surface area contributed by atoms with Gasteiger partial charge in [0.2, 0.25) is 0 Å². The second-order valence-corrected chi connectivity index (χ2v) is 9.01. The van der Waals surface area contributed by atoms with E-state index in [4.69, 9.17) is 5.26 Å². The Morgan fingerprint density at radius 1 is 1.16 bits per heavy atom. The number of nitrogens with one attached hydrogen (secondary N) is 3. The number of hydrogen-bond donors (Lipinski definition) is 4. The molecule has 4 N–H and O–H groups in total. The van der Waals surface area contributed by atoms with Crippen molar-refractivity contribution in [1.29, 1.82) is 5.26 Å². The molecule has 3 aromatic heterocycles. The molecule has 11 nitrogen and oxygen atoms in total. The molecule has 1 unspecified atom stereocenters. The number of aromatic nitrogens is 4. The molecule has 3 heterocycles. The van der Waals surface area contributed by atoms with Crippen molar-refractivity contribution in [3.63, 3.8) is 0 Å². The third-order valence-corrected chi connectivity index (χ3v) is 5.77. The van der Waals surface area contributed by atoms with E-state index in [1.54, 1.807) is 36.5 Å². The molecule has 38 heavy (non-hydrogen) atoms. The molecule has 2 amide bonds. The van der Waals surface area contributed by atoms with E-state index in [1.807, 2.05) is 6.07 Å². The molecule has 0 aliphatic heterocycles. The normalized spacial score (nSPS) is 12.0. The zero-order valence-electron chi connectivity index (χ0n) is 20.9. The highest BCUT2D eigenvalue weighted by Crippen LogP contribution is 2.28. The number of hydrogen-bond acceptors (Lipinski definition) is 8. The SMILES string of the molecule is CNC(=O)c1ccc(Nc2cc(-c3cnn4cc(C#N)cnc34)ncc2C(=O)NCC(F)C(C)(C)O)cc1. The Bertz CT molecular complexity index is 1540. The lowest BCUT2D eigenvalue weighted by Gasteiger charge is -2.22. The Balaban J connectivity index is 1.70. The number of anilines is 2. The third kappa shape index (κ3) is 5.58. The summed E-state index contributed by atoms with van der Waals surface area (Å²) in [6, 6.07) is 10.2. The monoisotopic (exact) mass is 516 g/mol. The van der Waals surface area contributed by atoms with Gasteiger partial charge in [-0.2, -0.15) is 10.4 Å². The molecule has 194 valence electrons. The summed E-state index contributed by atoms with van der Waals surface area (Å²) in [6.07, 6.45) is 4.17. The Kier molecular flexibility index (Phi) is 7.31. The van der Waals surface area contributed by atoms with Crippen LogP contribution in [0.3, 0.4) is 0 Å². The average Bonchev–Trinajstić information content (AvgIpc) is 3.34. The minimum atomic E-state index is -1.68. The maximum atomic E-state index is 14.3. The van der Waals surface area contributed by atoms with Gasteiger partial charge in [-0.3, -0.25) is 14.6 Å². The van der Waals surface area contributed by atoms with Gasteiger partial charge >= 0.3 is 0 Å². The van der Waals surface area contributed by atoms with Gasteiger partial charge in [0.25, 0.3) is 11.8 Å². The van der Waals surface area contributed by atoms with Gasteiger partial charge in [0.15, 0.2) is 5.65 Å². The molecule has 0 radical (unpaired) electrons. The van der Waals surface area contributed by atoms with Gasteiger partial charge in [0.05, 0.1) is 52.6 Å². The lowest BCUT2D eigenvalue weighted by Crippen LogP contribution is -2.42. The van der Waals surface area contributed by atoms with Crippen molar-refractivity contribution >= 4 is 28.8 Å². The number of amides is 2. The van der Waals surface area contributed by atoms with E-state index in [-0.39, 0.29) is 11.5 Å². The first kappa shape index (κ1) is 26.2. The van der Waals surface area contributed by atoms with Crippen LogP contribution in [0.4, 0.5) is 15.8 Å². The van der Waals surface area contributed by atoms with E-state index in [0.717, 1.165) is 0 Å². The molecule has 12 heteroatoms. The summed E-state index contributed by atoms with van der Waals surface area (Å²) in [4.78, 5) is 33.6. The van der Waals surface area contributed by atoms with E-state index >= 15 is 0 Å². The van der Waals surface area contributed by atoms with Gasteiger partial charge in [-0.25, -0.2) is 13.9 Å². The standard InChI is InChI=1S/C26H25FN8O3/c1-26(2,38)22(27)13-32-25(37)19-11-30-20(18-12-33-35-14-15(9-28)10-31-23(18)35)8-21(19)34-17-6-4-16(5-7-17)24(36)29-3/h4-8,10-12,14,22,38H,13H2,1-3H3,(H,29,36)(H,30,34)(H,32,37). The van der Waals surface area contributed by atoms with Crippen LogP contribution in [0.25, 0.3) is 16.9 Å². The number of nitriles is 1. The lowest BCUT2D eigenvalue weighted by molar-refractivity contribution is -0.00177. The first-order valence-corrected chi connectivity index (χ1v) is 11.6. The number of fused-ring (bicyclic) bond motifs is 1. The number of aliphatic hydroxyl groups is 1. The van der Waals surface area contributed by atoms with Crippen LogP contribution >= 0.6 is 0 Å². The molecule has 0 aliphatic carbocycles.